The molecule has 79 valence electrons. The maximum atomic E-state index is 3.33. The van der Waals surface area contributed by atoms with Crippen molar-refractivity contribution >= 4 is 10.8 Å². The molecule has 0 atom stereocenters. The van der Waals surface area contributed by atoms with Gasteiger partial charge in [-0.05, 0) is 0 Å². The van der Waals surface area contributed by atoms with E-state index in [2.05, 4.69) is 66.7 Å². The van der Waals surface area contributed by atoms with Crippen LogP contribution in [0.25, 0.3) is 21.9 Å². The number of hydrogen-bond donors (Lipinski definition) is 0. The van der Waals surface area contributed by atoms with Crippen molar-refractivity contribution in [3.63, 3.8) is 0 Å². The van der Waals surface area contributed by atoms with Crippen LogP contribution in [-0.2, 0) is 32.7 Å². The van der Waals surface area contributed by atoms with Crippen LogP contribution in [0.3, 0.4) is 0 Å². The van der Waals surface area contributed by atoms with Crippen LogP contribution in [-0.4, -0.2) is 0 Å². The molecule has 0 saturated carbocycles. The van der Waals surface area contributed by atoms with Crippen LogP contribution in [0.15, 0.2) is 66.7 Å². The third-order valence-corrected chi connectivity index (χ3v) is 2.76. The van der Waals surface area contributed by atoms with Crippen LogP contribution < -0.4 is 0 Å². The fourth-order valence-corrected chi connectivity index (χ4v) is 1.91. The van der Waals surface area contributed by atoms with Gasteiger partial charge in [0.1, 0.15) is 0 Å². The Hall–Kier alpha value is -0.976. The first kappa shape index (κ1) is 12.5. The molecule has 3 rings (SSSR count). The van der Waals surface area contributed by atoms with Crippen molar-refractivity contribution < 1.29 is 32.7 Å². The Labute approximate surface area is 127 Å². The average molecular weight is 292 g/mol. The Bertz CT molecular complexity index is 615. The summed E-state index contributed by atoms with van der Waals surface area (Å²) in [6.07, 6.45) is 0. The molecule has 0 saturated heterocycles. The number of fused-ring (bicyclic) bond motifs is 1. The zero-order valence-electron chi connectivity index (χ0n) is 9.43. The Morgan fingerprint density at radius 1 is 0.706 bits per heavy atom. The topological polar surface area (TPSA) is 0 Å². The molecule has 0 spiro atoms. The first-order valence-corrected chi connectivity index (χ1v) is 5.39. The Morgan fingerprint density at radius 3 is 2.12 bits per heavy atom. The van der Waals surface area contributed by atoms with E-state index in [0.717, 1.165) is 5.56 Å². The van der Waals surface area contributed by atoms with Gasteiger partial charge in [-0.1, -0.05) is 65.5 Å². The van der Waals surface area contributed by atoms with Gasteiger partial charge in [-0.25, -0.2) is 0 Å². The largest absolute Gasteiger partial charge is 0.143 e. The summed E-state index contributed by atoms with van der Waals surface area (Å²) in [5.41, 5.74) is 2.37. The molecule has 0 unspecified atom stereocenters. The summed E-state index contributed by atoms with van der Waals surface area (Å²) < 4.78 is 0. The molecule has 17 heavy (non-hydrogen) atoms. The van der Waals surface area contributed by atoms with Gasteiger partial charge in [0, 0.05) is 32.7 Å². The van der Waals surface area contributed by atoms with Crippen LogP contribution in [0.1, 0.15) is 0 Å². The van der Waals surface area contributed by atoms with Gasteiger partial charge in [0.15, 0.2) is 0 Å². The van der Waals surface area contributed by atoms with E-state index in [1.165, 1.54) is 16.3 Å². The molecule has 0 aliphatic carbocycles. The minimum Gasteiger partial charge on any atom is -0.143 e. The normalized spacial score (nSPS) is 9.88. The van der Waals surface area contributed by atoms with Gasteiger partial charge < -0.3 is 0 Å². The second-order valence-corrected chi connectivity index (χ2v) is 3.84. The minimum absolute atomic E-state index is 0. The molecule has 0 bridgehead atoms. The van der Waals surface area contributed by atoms with Crippen molar-refractivity contribution in [3.05, 3.63) is 72.8 Å². The minimum atomic E-state index is 0. The first-order valence-electron chi connectivity index (χ1n) is 5.39. The van der Waals surface area contributed by atoms with Crippen molar-refractivity contribution in [1.82, 2.24) is 0 Å². The Balaban J connectivity index is 0.00000108. The van der Waals surface area contributed by atoms with Gasteiger partial charge in [-0.3, -0.25) is 0 Å². The predicted molar refractivity (Wildman–Crippen MR) is 68.2 cm³/mol. The molecule has 0 aliphatic heterocycles. The van der Waals surface area contributed by atoms with Crippen LogP contribution in [0.5, 0.6) is 0 Å². The van der Waals surface area contributed by atoms with E-state index in [-0.39, 0.29) is 32.7 Å². The molecule has 0 aromatic heterocycles. The average Bonchev–Trinajstić information content (AvgIpc) is 2.39. The summed E-state index contributed by atoms with van der Waals surface area (Å²) in [6, 6.07) is 26.3. The van der Waals surface area contributed by atoms with Crippen molar-refractivity contribution in [2.45, 2.75) is 0 Å². The van der Waals surface area contributed by atoms with E-state index < -0.39 is 0 Å². The van der Waals surface area contributed by atoms with Gasteiger partial charge >= 0.3 is 0 Å². The van der Waals surface area contributed by atoms with Crippen LogP contribution >= 0.6 is 0 Å². The van der Waals surface area contributed by atoms with Crippen molar-refractivity contribution in [1.29, 1.82) is 0 Å². The van der Waals surface area contributed by atoms with E-state index in [1.54, 1.807) is 0 Å². The predicted octanol–water partition coefficient (Wildman–Crippen LogP) is 4.30. The van der Waals surface area contributed by atoms with E-state index in [4.69, 9.17) is 0 Å². The molecule has 1 radical (unpaired) electrons. The van der Waals surface area contributed by atoms with Gasteiger partial charge in [-0.2, -0.15) is 0 Å². The Morgan fingerprint density at radius 2 is 1.35 bits per heavy atom. The zero-order valence-corrected chi connectivity index (χ0v) is 12.3. The molecule has 0 nitrogen and oxygen atoms in total. The second kappa shape index (κ2) is 5.57. The van der Waals surface area contributed by atoms with Gasteiger partial charge in [-0.15, -0.1) is 29.1 Å². The van der Waals surface area contributed by atoms with Crippen molar-refractivity contribution in [3.8, 4) is 11.1 Å². The fraction of sp³-hybridized carbons (Fsp3) is 0. The molecular weight excluding hydrogens is 281 g/mol. The summed E-state index contributed by atoms with van der Waals surface area (Å²) in [4.78, 5) is 0. The summed E-state index contributed by atoms with van der Waals surface area (Å²) in [7, 11) is 0. The number of hydrogen-bond acceptors (Lipinski definition) is 0. The van der Waals surface area contributed by atoms with E-state index in [9.17, 15) is 0 Å². The van der Waals surface area contributed by atoms with E-state index in [0.29, 0.717) is 0 Å². The zero-order chi connectivity index (χ0) is 10.8. The first-order chi connectivity index (χ1) is 7.93. The van der Waals surface area contributed by atoms with E-state index >= 15 is 0 Å². The van der Waals surface area contributed by atoms with Crippen molar-refractivity contribution in [2.24, 2.45) is 0 Å². The summed E-state index contributed by atoms with van der Waals surface area (Å²) in [5, 5.41) is 2.50. The molecular formula is C16H11Y-. The molecule has 0 fully saturated rings. The molecule has 3 aromatic rings. The standard InChI is InChI=1S/C16H11.Y/c1-2-6-13(7-3-1)16-11-10-14-8-4-5-9-15(14)12-16;/h1-10,12H;/q-1;. The summed E-state index contributed by atoms with van der Waals surface area (Å²) >= 11 is 0. The van der Waals surface area contributed by atoms with Gasteiger partial charge in [0.05, 0.1) is 0 Å². The fourth-order valence-electron chi connectivity index (χ4n) is 1.91. The Kier molecular flexibility index (Phi) is 4.09. The van der Waals surface area contributed by atoms with Crippen LogP contribution in [0.2, 0.25) is 0 Å². The molecule has 1 heteroatoms. The smallest absolute Gasteiger partial charge is 0 e. The summed E-state index contributed by atoms with van der Waals surface area (Å²) in [6.45, 7) is 0. The molecule has 3 aromatic carbocycles. The molecule has 0 heterocycles. The molecule has 0 aliphatic rings. The summed E-state index contributed by atoms with van der Waals surface area (Å²) in [5.74, 6) is 0. The van der Waals surface area contributed by atoms with Crippen LogP contribution in [0.4, 0.5) is 0 Å². The van der Waals surface area contributed by atoms with Gasteiger partial charge in [0.25, 0.3) is 0 Å². The number of benzene rings is 3. The monoisotopic (exact) mass is 292 g/mol. The third-order valence-electron chi connectivity index (χ3n) is 2.76. The molecule has 0 N–H and O–H groups in total. The molecule has 0 amide bonds. The van der Waals surface area contributed by atoms with Gasteiger partial charge in [0.2, 0.25) is 0 Å². The van der Waals surface area contributed by atoms with Crippen molar-refractivity contribution in [2.75, 3.05) is 0 Å². The van der Waals surface area contributed by atoms with E-state index in [1.807, 2.05) is 6.07 Å². The quantitative estimate of drug-likeness (QED) is 0.586. The maximum Gasteiger partial charge on any atom is 0 e. The number of rotatable bonds is 1. The SMILES string of the molecule is [Y].[c-]1cc2ccccc2cc1-c1ccccc1. The second-order valence-electron chi connectivity index (χ2n) is 3.84. The van der Waals surface area contributed by atoms with Crippen LogP contribution in [0, 0.1) is 6.07 Å². The maximum absolute atomic E-state index is 3.33. The third kappa shape index (κ3) is 2.65.